The smallest absolute Gasteiger partial charge is 0.277 e. The van der Waals surface area contributed by atoms with Crippen molar-refractivity contribution in [2.75, 3.05) is 26.4 Å². The van der Waals surface area contributed by atoms with Crippen molar-refractivity contribution in [2.45, 2.75) is 154 Å². The van der Waals surface area contributed by atoms with Crippen LogP contribution in [0.2, 0.25) is 0 Å². The lowest BCUT2D eigenvalue weighted by Crippen LogP contribution is -2.70. The average Bonchev–Trinajstić information content (AvgIpc) is 3.57. The van der Waals surface area contributed by atoms with Gasteiger partial charge >= 0.3 is 0 Å². The first-order valence-electron chi connectivity index (χ1n) is 21.6. The third-order valence-corrected chi connectivity index (χ3v) is 15.0. The van der Waals surface area contributed by atoms with Gasteiger partial charge in [-0.3, -0.25) is 9.63 Å². The fourth-order valence-corrected chi connectivity index (χ4v) is 11.9. The van der Waals surface area contributed by atoms with E-state index < -0.39 is 47.9 Å². The first kappa shape index (κ1) is 39.7. The van der Waals surface area contributed by atoms with E-state index in [1.54, 1.807) is 12.1 Å². The van der Waals surface area contributed by atoms with Crippen molar-refractivity contribution >= 4 is 5.91 Å². The van der Waals surface area contributed by atoms with Gasteiger partial charge in [-0.1, -0.05) is 45.9 Å². The van der Waals surface area contributed by atoms with E-state index in [4.69, 9.17) is 52.8 Å². The summed E-state index contributed by atoms with van der Waals surface area (Å²) in [5, 5.41) is 1.45. The molecule has 0 radical (unpaired) electrons. The Bertz CT molecular complexity index is 1550. The highest BCUT2D eigenvalue weighted by atomic mass is 17.3. The number of rotatable bonds is 12. The van der Waals surface area contributed by atoms with Crippen LogP contribution < -0.4 is 0 Å². The molecule has 8 heterocycles. The van der Waals surface area contributed by atoms with Crippen LogP contribution in [0, 0.1) is 47.3 Å². The zero-order valence-corrected chi connectivity index (χ0v) is 34.1. The van der Waals surface area contributed by atoms with E-state index in [2.05, 4.69) is 27.7 Å². The van der Waals surface area contributed by atoms with Crippen LogP contribution in [0.25, 0.3) is 0 Å². The standard InChI is InChI=1S/C43H63NO12/c1-26-14-16-33-28(3)36(49-38-42(33)31(26)18-20-40(5,51-38)53-55-42)46-23-10-22-44(35(45)30-12-8-7-9-13-30)48-25-11-24-47-37-29(4)34-17-15-27(2)32-19-21-41(6)52-39(50-37)43(32,34)56-54-41/h7-9,12-13,26-29,31-34,36-39H,10-11,14-25H2,1-6H3/t26-,27-,28-,29-,31+,32+,33+,34+,36+,37+,38-,39-,40+,41+,42-,43-/m1/s1. The molecule has 11 rings (SSSR count). The maximum atomic E-state index is 13.7. The Kier molecular flexibility index (Phi) is 10.9. The Hall–Kier alpha value is -1.75. The predicted molar refractivity (Wildman–Crippen MR) is 198 cm³/mol. The molecule has 13 nitrogen and oxygen atoms in total. The fourth-order valence-electron chi connectivity index (χ4n) is 11.9. The zero-order chi connectivity index (χ0) is 38.9. The molecule has 8 aliphatic heterocycles. The minimum atomic E-state index is -0.836. The number of benzene rings is 1. The monoisotopic (exact) mass is 785 g/mol. The Morgan fingerprint density at radius 3 is 1.71 bits per heavy atom. The fraction of sp³-hybridized carbons (Fsp3) is 0.837. The quantitative estimate of drug-likeness (QED) is 0.120. The molecule has 16 atom stereocenters. The summed E-state index contributed by atoms with van der Waals surface area (Å²) in [5.41, 5.74) is -0.689. The first-order valence-corrected chi connectivity index (χ1v) is 21.6. The molecule has 2 saturated carbocycles. The van der Waals surface area contributed by atoms with Gasteiger partial charge in [0.1, 0.15) is 0 Å². The topological polar surface area (TPSA) is 122 Å². The lowest BCUT2D eigenvalue weighted by molar-refractivity contribution is -0.577. The molecule has 13 heteroatoms. The molecular formula is C43H63NO12. The van der Waals surface area contributed by atoms with Crippen LogP contribution in [-0.4, -0.2) is 85.3 Å². The Balaban J connectivity index is 0.791. The van der Waals surface area contributed by atoms with Gasteiger partial charge in [0, 0.05) is 42.1 Å². The number of hydrogen-bond acceptors (Lipinski definition) is 12. The average molecular weight is 786 g/mol. The minimum absolute atomic E-state index is 0.0759. The summed E-state index contributed by atoms with van der Waals surface area (Å²) in [7, 11) is 0. The molecule has 312 valence electrons. The second-order valence-corrected chi connectivity index (χ2v) is 18.6. The number of carbonyl (C=O) groups excluding carboxylic acids is 1. The van der Waals surface area contributed by atoms with Crippen molar-refractivity contribution in [2.24, 2.45) is 47.3 Å². The molecule has 1 amide bonds. The van der Waals surface area contributed by atoms with Gasteiger partial charge in [0.25, 0.3) is 5.91 Å². The number of carbonyl (C=O) groups is 1. The second-order valence-electron chi connectivity index (χ2n) is 18.6. The number of ether oxygens (including phenoxy) is 6. The van der Waals surface area contributed by atoms with Gasteiger partial charge in [0.2, 0.25) is 11.6 Å². The molecule has 8 saturated heterocycles. The Morgan fingerprint density at radius 1 is 0.661 bits per heavy atom. The van der Waals surface area contributed by atoms with E-state index in [0.29, 0.717) is 68.4 Å². The van der Waals surface area contributed by atoms with Gasteiger partial charge in [-0.05, 0) is 101 Å². The van der Waals surface area contributed by atoms with Gasteiger partial charge in [-0.15, -0.1) is 0 Å². The molecule has 1 aromatic carbocycles. The highest BCUT2D eigenvalue weighted by molar-refractivity contribution is 5.93. The Morgan fingerprint density at radius 2 is 1.18 bits per heavy atom. The SMILES string of the molecule is C[C@H]1[C@@H](OCCCON(CCCO[C@H]2O[C@@H]3O[C@]4(C)CC[C@H]5[C@H](C)CC[C@@H]([C@H]2C)[C@@]35OO4)C(=O)c2ccccc2)O[C@@H]2O[C@]3(C)CC[C@H]4[C@H](C)CC[C@@H]1[C@@]24OO3. The number of hydrogen-bond donors (Lipinski definition) is 0. The Labute approximate surface area is 331 Å². The van der Waals surface area contributed by atoms with Crippen LogP contribution in [0.5, 0.6) is 0 Å². The van der Waals surface area contributed by atoms with Gasteiger partial charge in [-0.2, -0.15) is 0 Å². The van der Waals surface area contributed by atoms with E-state index in [0.717, 1.165) is 51.4 Å². The summed E-state index contributed by atoms with van der Waals surface area (Å²) in [6.45, 7) is 14.3. The van der Waals surface area contributed by atoms with E-state index in [9.17, 15) is 4.79 Å². The van der Waals surface area contributed by atoms with Crippen molar-refractivity contribution in [3.63, 3.8) is 0 Å². The van der Waals surface area contributed by atoms with Crippen molar-refractivity contribution in [3.8, 4) is 0 Å². The van der Waals surface area contributed by atoms with Crippen molar-refractivity contribution < 1.29 is 57.6 Å². The van der Waals surface area contributed by atoms with E-state index >= 15 is 0 Å². The molecule has 0 aromatic heterocycles. The highest BCUT2D eigenvalue weighted by Crippen LogP contribution is 2.62. The minimum Gasteiger partial charge on any atom is -0.352 e. The van der Waals surface area contributed by atoms with Crippen LogP contribution in [0.15, 0.2) is 30.3 Å². The molecule has 0 unspecified atom stereocenters. The van der Waals surface area contributed by atoms with E-state index in [1.165, 1.54) is 5.06 Å². The predicted octanol–water partition coefficient (Wildman–Crippen LogP) is 7.29. The number of amides is 1. The van der Waals surface area contributed by atoms with Gasteiger partial charge < -0.3 is 28.4 Å². The van der Waals surface area contributed by atoms with Crippen molar-refractivity contribution in [3.05, 3.63) is 35.9 Å². The molecule has 10 aliphatic rings. The number of nitrogens with zero attached hydrogens (tertiary/aromatic N) is 1. The second kappa shape index (κ2) is 15.4. The molecule has 1 aromatic rings. The highest BCUT2D eigenvalue weighted by Gasteiger charge is 2.71. The number of fused-ring (bicyclic) bond motifs is 4. The summed E-state index contributed by atoms with van der Waals surface area (Å²) in [6.07, 6.45) is 6.90. The molecule has 0 N–H and O–H groups in total. The third-order valence-electron chi connectivity index (χ3n) is 15.0. The summed E-state index contributed by atoms with van der Waals surface area (Å²) in [6, 6.07) is 9.22. The van der Waals surface area contributed by atoms with E-state index in [1.807, 2.05) is 32.0 Å². The summed E-state index contributed by atoms with van der Waals surface area (Å²) < 4.78 is 39.0. The third kappa shape index (κ3) is 6.69. The van der Waals surface area contributed by atoms with Crippen LogP contribution in [0.4, 0.5) is 0 Å². The van der Waals surface area contributed by atoms with E-state index in [-0.39, 0.29) is 29.6 Å². The molecular weight excluding hydrogens is 722 g/mol. The summed E-state index contributed by atoms with van der Waals surface area (Å²) >= 11 is 0. The molecule has 10 fully saturated rings. The van der Waals surface area contributed by atoms with Crippen LogP contribution >= 0.6 is 0 Å². The van der Waals surface area contributed by atoms with Crippen molar-refractivity contribution in [1.82, 2.24) is 5.06 Å². The molecule has 56 heavy (non-hydrogen) atoms. The van der Waals surface area contributed by atoms with Crippen molar-refractivity contribution in [1.29, 1.82) is 0 Å². The molecule has 2 aliphatic carbocycles. The van der Waals surface area contributed by atoms with Gasteiger partial charge in [0.05, 0.1) is 26.4 Å². The molecule has 4 bridgehead atoms. The first-order chi connectivity index (χ1) is 27.0. The summed E-state index contributed by atoms with van der Waals surface area (Å²) in [4.78, 5) is 44.3. The lowest BCUT2D eigenvalue weighted by atomic mass is 9.58. The number of hydroxylamine groups is 2. The summed E-state index contributed by atoms with van der Waals surface area (Å²) in [5.74, 6) is 0.280. The zero-order valence-electron chi connectivity index (χ0n) is 34.1. The maximum Gasteiger partial charge on any atom is 0.277 e. The lowest BCUT2D eigenvalue weighted by Gasteiger charge is -2.60. The molecule has 2 spiro atoms. The van der Waals surface area contributed by atoms with Crippen LogP contribution in [0.3, 0.4) is 0 Å². The van der Waals surface area contributed by atoms with Gasteiger partial charge in [-0.25, -0.2) is 24.6 Å². The maximum absolute atomic E-state index is 13.7. The van der Waals surface area contributed by atoms with Crippen LogP contribution in [-0.2, 0) is 52.8 Å². The normalized spacial score (nSPS) is 47.7. The largest absolute Gasteiger partial charge is 0.352 e. The van der Waals surface area contributed by atoms with Gasteiger partial charge in [0.15, 0.2) is 36.4 Å². The van der Waals surface area contributed by atoms with Crippen LogP contribution in [0.1, 0.15) is 116 Å².